The molecule has 7 heteroatoms. The van der Waals surface area contributed by atoms with E-state index in [0.29, 0.717) is 32.5 Å². The first-order valence-corrected chi connectivity index (χ1v) is 8.08. The van der Waals surface area contributed by atoms with Crippen LogP contribution in [0.4, 0.5) is 0 Å². The van der Waals surface area contributed by atoms with E-state index < -0.39 is 0 Å². The van der Waals surface area contributed by atoms with E-state index in [1.807, 2.05) is 37.4 Å². The Kier molecular flexibility index (Phi) is 9.19. The van der Waals surface area contributed by atoms with E-state index >= 15 is 0 Å². The van der Waals surface area contributed by atoms with Crippen molar-refractivity contribution in [2.24, 2.45) is 0 Å². The van der Waals surface area contributed by atoms with E-state index in [1.165, 1.54) is 0 Å². The standard InChI is InChI=1S/C17H25N3O3.ClH/c1-18-9-5-8-16(21)19-14-12-17(22)20(13-14)10-11-23-15-6-3-2-4-7-15;/h2-4,6-7,14,18H,5,8-13H2,1H3,(H,19,21);1H. The van der Waals surface area contributed by atoms with Gasteiger partial charge < -0.3 is 20.3 Å². The Morgan fingerprint density at radius 2 is 2.08 bits per heavy atom. The van der Waals surface area contributed by atoms with Crippen LogP contribution in [0.2, 0.25) is 0 Å². The third kappa shape index (κ3) is 6.76. The maximum Gasteiger partial charge on any atom is 0.224 e. The van der Waals surface area contributed by atoms with E-state index in [-0.39, 0.29) is 30.3 Å². The Hall–Kier alpha value is -1.79. The predicted octanol–water partition coefficient (Wildman–Crippen LogP) is 1.20. The van der Waals surface area contributed by atoms with Crippen molar-refractivity contribution in [1.29, 1.82) is 0 Å². The zero-order chi connectivity index (χ0) is 16.5. The van der Waals surface area contributed by atoms with Crippen molar-refractivity contribution < 1.29 is 14.3 Å². The third-order valence-corrected chi connectivity index (χ3v) is 3.78. The quantitative estimate of drug-likeness (QED) is 0.653. The van der Waals surface area contributed by atoms with Gasteiger partial charge in [0.1, 0.15) is 12.4 Å². The van der Waals surface area contributed by atoms with E-state index in [4.69, 9.17) is 4.74 Å². The number of rotatable bonds is 9. The van der Waals surface area contributed by atoms with Gasteiger partial charge in [-0.1, -0.05) is 18.2 Å². The number of nitrogens with zero attached hydrogens (tertiary/aromatic N) is 1. The lowest BCUT2D eigenvalue weighted by molar-refractivity contribution is -0.128. The highest BCUT2D eigenvalue weighted by molar-refractivity contribution is 5.85. The molecule has 1 aromatic rings. The number of hydrogen-bond donors (Lipinski definition) is 2. The molecule has 1 atom stereocenters. The largest absolute Gasteiger partial charge is 0.492 e. The summed E-state index contributed by atoms with van der Waals surface area (Å²) in [5.41, 5.74) is 0. The molecule has 1 aromatic carbocycles. The minimum Gasteiger partial charge on any atom is -0.492 e. The first kappa shape index (κ1) is 20.3. The summed E-state index contributed by atoms with van der Waals surface area (Å²) >= 11 is 0. The Labute approximate surface area is 149 Å². The van der Waals surface area contributed by atoms with Crippen LogP contribution in [0.3, 0.4) is 0 Å². The monoisotopic (exact) mass is 355 g/mol. The molecule has 0 radical (unpaired) electrons. The molecule has 1 saturated heterocycles. The normalized spacial score (nSPS) is 16.6. The maximum atomic E-state index is 12.0. The fraction of sp³-hybridized carbons (Fsp3) is 0.529. The molecule has 0 bridgehead atoms. The number of carbonyl (C=O) groups excluding carboxylic acids is 2. The van der Waals surface area contributed by atoms with E-state index in [2.05, 4.69) is 10.6 Å². The molecule has 0 spiro atoms. The number of amides is 2. The van der Waals surface area contributed by atoms with Crippen LogP contribution in [0.25, 0.3) is 0 Å². The lowest BCUT2D eigenvalue weighted by atomic mass is 10.2. The highest BCUT2D eigenvalue weighted by Gasteiger charge is 2.30. The lowest BCUT2D eigenvalue weighted by Crippen LogP contribution is -2.38. The van der Waals surface area contributed by atoms with Gasteiger partial charge in [0, 0.05) is 19.4 Å². The summed E-state index contributed by atoms with van der Waals surface area (Å²) in [7, 11) is 1.86. The molecule has 2 rings (SSSR count). The third-order valence-electron chi connectivity index (χ3n) is 3.78. The van der Waals surface area contributed by atoms with Gasteiger partial charge in [-0.05, 0) is 32.1 Å². The highest BCUT2D eigenvalue weighted by atomic mass is 35.5. The van der Waals surface area contributed by atoms with Crippen LogP contribution in [-0.4, -0.2) is 56.0 Å². The molecule has 1 aliphatic heterocycles. The van der Waals surface area contributed by atoms with Gasteiger partial charge in [0.15, 0.2) is 0 Å². The van der Waals surface area contributed by atoms with Gasteiger partial charge >= 0.3 is 0 Å². The van der Waals surface area contributed by atoms with Crippen molar-refractivity contribution in [2.75, 3.05) is 33.3 Å². The molecule has 0 aromatic heterocycles. The number of carbonyl (C=O) groups is 2. The number of para-hydroxylation sites is 1. The summed E-state index contributed by atoms with van der Waals surface area (Å²) in [5, 5.41) is 5.95. The minimum absolute atomic E-state index is 0. The van der Waals surface area contributed by atoms with Gasteiger partial charge in [-0.15, -0.1) is 12.4 Å². The fourth-order valence-corrected chi connectivity index (χ4v) is 2.60. The van der Waals surface area contributed by atoms with Crippen molar-refractivity contribution in [3.8, 4) is 5.75 Å². The highest BCUT2D eigenvalue weighted by Crippen LogP contribution is 2.12. The molecule has 1 heterocycles. The van der Waals surface area contributed by atoms with Crippen LogP contribution < -0.4 is 15.4 Å². The number of ether oxygens (including phenoxy) is 1. The van der Waals surface area contributed by atoms with Crippen molar-refractivity contribution in [2.45, 2.75) is 25.3 Å². The number of nitrogens with one attached hydrogen (secondary N) is 2. The van der Waals surface area contributed by atoms with Crippen LogP contribution in [0.15, 0.2) is 30.3 Å². The molecular weight excluding hydrogens is 330 g/mol. The summed E-state index contributed by atoms with van der Waals surface area (Å²) in [4.78, 5) is 25.5. The SMILES string of the molecule is CNCCCC(=O)NC1CC(=O)N(CCOc2ccccc2)C1.Cl. The summed E-state index contributed by atoms with van der Waals surface area (Å²) in [6.45, 7) is 2.38. The number of benzene rings is 1. The zero-order valence-corrected chi connectivity index (χ0v) is 14.8. The molecule has 1 unspecified atom stereocenters. The second-order valence-electron chi connectivity index (χ2n) is 5.68. The van der Waals surface area contributed by atoms with Gasteiger partial charge in [-0.3, -0.25) is 9.59 Å². The molecule has 2 N–H and O–H groups in total. The van der Waals surface area contributed by atoms with E-state index in [1.54, 1.807) is 4.90 Å². The van der Waals surface area contributed by atoms with Crippen LogP contribution in [0.1, 0.15) is 19.3 Å². The average molecular weight is 356 g/mol. The van der Waals surface area contributed by atoms with Crippen LogP contribution in [-0.2, 0) is 9.59 Å². The van der Waals surface area contributed by atoms with Gasteiger partial charge in [0.05, 0.1) is 12.6 Å². The first-order valence-electron chi connectivity index (χ1n) is 8.08. The second-order valence-corrected chi connectivity index (χ2v) is 5.68. The van der Waals surface area contributed by atoms with Gasteiger partial charge in [0.25, 0.3) is 0 Å². The van der Waals surface area contributed by atoms with Crippen molar-refractivity contribution in [3.63, 3.8) is 0 Å². The van der Waals surface area contributed by atoms with Gasteiger partial charge in [0.2, 0.25) is 11.8 Å². The molecule has 134 valence electrons. The Morgan fingerprint density at radius 1 is 1.33 bits per heavy atom. The Balaban J connectivity index is 0.00000288. The lowest BCUT2D eigenvalue weighted by Gasteiger charge is -2.17. The molecule has 1 fully saturated rings. The Bertz CT molecular complexity index is 513. The molecule has 24 heavy (non-hydrogen) atoms. The van der Waals surface area contributed by atoms with Crippen LogP contribution in [0.5, 0.6) is 5.75 Å². The van der Waals surface area contributed by atoms with Crippen molar-refractivity contribution >= 4 is 24.2 Å². The number of halogens is 1. The summed E-state index contributed by atoms with van der Waals surface area (Å²) < 4.78 is 5.61. The zero-order valence-electron chi connectivity index (χ0n) is 14.0. The fourth-order valence-electron chi connectivity index (χ4n) is 2.60. The smallest absolute Gasteiger partial charge is 0.224 e. The van der Waals surface area contributed by atoms with Crippen molar-refractivity contribution in [1.82, 2.24) is 15.5 Å². The van der Waals surface area contributed by atoms with Crippen molar-refractivity contribution in [3.05, 3.63) is 30.3 Å². The maximum absolute atomic E-state index is 12.0. The molecule has 6 nitrogen and oxygen atoms in total. The number of hydrogen-bond acceptors (Lipinski definition) is 4. The van der Waals surface area contributed by atoms with E-state index in [0.717, 1.165) is 18.7 Å². The van der Waals surface area contributed by atoms with Gasteiger partial charge in [-0.25, -0.2) is 0 Å². The topological polar surface area (TPSA) is 70.7 Å². The summed E-state index contributed by atoms with van der Waals surface area (Å²) in [6, 6.07) is 9.45. The average Bonchev–Trinajstić information content (AvgIpc) is 2.88. The molecule has 0 saturated carbocycles. The predicted molar refractivity (Wildman–Crippen MR) is 95.5 cm³/mol. The van der Waals surface area contributed by atoms with E-state index in [9.17, 15) is 9.59 Å². The Morgan fingerprint density at radius 3 is 2.79 bits per heavy atom. The number of likely N-dealkylation sites (tertiary alicyclic amines) is 1. The summed E-state index contributed by atoms with van der Waals surface area (Å²) in [6.07, 6.45) is 1.67. The molecule has 0 aliphatic carbocycles. The van der Waals surface area contributed by atoms with Crippen LogP contribution >= 0.6 is 12.4 Å². The van der Waals surface area contributed by atoms with Crippen LogP contribution in [0, 0.1) is 0 Å². The van der Waals surface area contributed by atoms with Gasteiger partial charge in [-0.2, -0.15) is 0 Å². The molecule has 2 amide bonds. The first-order chi connectivity index (χ1) is 11.2. The molecular formula is C17H26ClN3O3. The second kappa shape index (κ2) is 10.9. The minimum atomic E-state index is -0.0821. The summed E-state index contributed by atoms with van der Waals surface area (Å²) in [5.74, 6) is 0.885. The molecule has 1 aliphatic rings.